The summed E-state index contributed by atoms with van der Waals surface area (Å²) in [5, 5.41) is 6.63. The lowest BCUT2D eigenvalue weighted by Gasteiger charge is -2.34. The Morgan fingerprint density at radius 2 is 2.10 bits per heavy atom. The van der Waals surface area contributed by atoms with Gasteiger partial charge >= 0.3 is 0 Å². The number of methoxy groups -OCH3 is 1. The Kier molecular flexibility index (Phi) is 7.72. The van der Waals surface area contributed by atoms with Crippen LogP contribution in [0.25, 0.3) is 0 Å². The van der Waals surface area contributed by atoms with Crippen molar-refractivity contribution in [3.05, 3.63) is 29.6 Å². The SMILES string of the molecule is CCNC(=NCC1(OC)CCOCC1)NC(C)c1ccc(OCC2CC2)c(F)c1. The number of aliphatic imine (C=N–C) groups is 1. The second kappa shape index (κ2) is 10.3. The molecule has 1 unspecified atom stereocenters. The second-order valence-electron chi connectivity index (χ2n) is 8.00. The Morgan fingerprint density at radius 3 is 2.72 bits per heavy atom. The minimum atomic E-state index is -0.320. The van der Waals surface area contributed by atoms with Gasteiger partial charge in [0.05, 0.1) is 24.8 Å². The number of nitrogens with one attached hydrogen (secondary N) is 2. The molecular weight excluding hydrogens is 373 g/mol. The molecule has 0 radical (unpaired) electrons. The smallest absolute Gasteiger partial charge is 0.191 e. The van der Waals surface area contributed by atoms with E-state index in [-0.39, 0.29) is 17.5 Å². The van der Waals surface area contributed by atoms with Gasteiger partial charge in [-0.1, -0.05) is 6.07 Å². The summed E-state index contributed by atoms with van der Waals surface area (Å²) in [6.45, 7) is 7.30. The van der Waals surface area contributed by atoms with E-state index in [9.17, 15) is 4.39 Å². The number of guanidine groups is 1. The molecule has 2 N–H and O–H groups in total. The molecule has 1 aromatic rings. The second-order valence-corrected chi connectivity index (χ2v) is 8.00. The van der Waals surface area contributed by atoms with E-state index in [1.54, 1.807) is 19.2 Å². The largest absolute Gasteiger partial charge is 0.490 e. The van der Waals surface area contributed by atoms with E-state index in [0.29, 0.717) is 44.0 Å². The maximum absolute atomic E-state index is 14.4. The van der Waals surface area contributed by atoms with Crippen LogP contribution in [0.2, 0.25) is 0 Å². The molecule has 29 heavy (non-hydrogen) atoms. The highest BCUT2D eigenvalue weighted by atomic mass is 19.1. The maximum atomic E-state index is 14.4. The van der Waals surface area contributed by atoms with E-state index >= 15 is 0 Å². The first kappa shape index (κ1) is 21.8. The van der Waals surface area contributed by atoms with Crippen molar-refractivity contribution in [2.24, 2.45) is 10.9 Å². The van der Waals surface area contributed by atoms with Crippen LogP contribution in [0.1, 0.15) is 51.1 Å². The van der Waals surface area contributed by atoms with Crippen LogP contribution in [0.15, 0.2) is 23.2 Å². The van der Waals surface area contributed by atoms with E-state index in [2.05, 4.69) is 10.6 Å². The lowest BCUT2D eigenvalue weighted by atomic mass is 9.94. The van der Waals surface area contributed by atoms with Crippen molar-refractivity contribution in [1.82, 2.24) is 10.6 Å². The standard InChI is InChI=1S/C22H34FN3O3/c1-4-24-21(25-15-22(27-3)9-11-28-12-10-22)26-16(2)18-7-8-20(19(23)13-18)29-14-17-5-6-17/h7-8,13,16-17H,4-6,9-12,14-15H2,1-3H3,(H2,24,25,26). The number of halogens is 1. The molecule has 2 aliphatic rings. The first-order valence-electron chi connectivity index (χ1n) is 10.7. The van der Waals surface area contributed by atoms with Crippen LogP contribution in [0.4, 0.5) is 4.39 Å². The summed E-state index contributed by atoms with van der Waals surface area (Å²) in [7, 11) is 1.74. The van der Waals surface area contributed by atoms with Gasteiger partial charge in [-0.2, -0.15) is 0 Å². The molecule has 162 valence electrons. The number of hydrogen-bond donors (Lipinski definition) is 2. The summed E-state index contributed by atoms with van der Waals surface area (Å²) >= 11 is 0. The third-order valence-corrected chi connectivity index (χ3v) is 5.69. The van der Waals surface area contributed by atoms with Crippen LogP contribution in [-0.4, -0.2) is 51.6 Å². The van der Waals surface area contributed by atoms with Gasteiger partial charge in [0.25, 0.3) is 0 Å². The zero-order chi connectivity index (χ0) is 20.7. The molecular formula is C22H34FN3O3. The fourth-order valence-corrected chi connectivity index (χ4v) is 3.40. The van der Waals surface area contributed by atoms with Crippen LogP contribution in [0.5, 0.6) is 5.75 Å². The molecule has 0 amide bonds. The molecule has 0 aromatic heterocycles. The number of nitrogens with zero attached hydrogens (tertiary/aromatic N) is 1. The summed E-state index contributed by atoms with van der Waals surface area (Å²) in [5.74, 6) is 1.30. The molecule has 1 aliphatic heterocycles. The normalized spacial score (nSPS) is 20.2. The monoisotopic (exact) mass is 407 g/mol. The zero-order valence-electron chi connectivity index (χ0n) is 17.8. The van der Waals surface area contributed by atoms with Crippen LogP contribution in [0.3, 0.4) is 0 Å². The Morgan fingerprint density at radius 1 is 1.34 bits per heavy atom. The average Bonchev–Trinajstić information content (AvgIpc) is 3.56. The van der Waals surface area contributed by atoms with Gasteiger partial charge in [0, 0.05) is 39.7 Å². The van der Waals surface area contributed by atoms with E-state index in [1.165, 1.54) is 12.8 Å². The fourth-order valence-electron chi connectivity index (χ4n) is 3.40. The van der Waals surface area contributed by atoms with Crippen LogP contribution < -0.4 is 15.4 Å². The van der Waals surface area contributed by atoms with Gasteiger partial charge in [-0.05, 0) is 50.3 Å². The molecule has 6 nitrogen and oxygen atoms in total. The predicted octanol–water partition coefficient (Wildman–Crippen LogP) is 3.43. The van der Waals surface area contributed by atoms with Crippen molar-refractivity contribution in [2.75, 3.05) is 40.0 Å². The Bertz CT molecular complexity index is 688. The van der Waals surface area contributed by atoms with Crippen molar-refractivity contribution in [3.8, 4) is 5.75 Å². The first-order valence-corrected chi connectivity index (χ1v) is 10.7. The summed E-state index contributed by atoms with van der Waals surface area (Å²) in [6, 6.07) is 5.06. The lowest BCUT2D eigenvalue weighted by molar-refractivity contribution is -0.0828. The highest BCUT2D eigenvalue weighted by Gasteiger charge is 2.32. The third kappa shape index (κ3) is 6.31. The molecule has 3 rings (SSSR count). The summed E-state index contributed by atoms with van der Waals surface area (Å²) in [6.07, 6.45) is 4.03. The van der Waals surface area contributed by atoms with E-state index < -0.39 is 0 Å². The van der Waals surface area contributed by atoms with Crippen LogP contribution in [0, 0.1) is 11.7 Å². The van der Waals surface area contributed by atoms with Crippen molar-refractivity contribution in [3.63, 3.8) is 0 Å². The Hall–Kier alpha value is -1.86. The average molecular weight is 408 g/mol. The lowest BCUT2D eigenvalue weighted by Crippen LogP contribution is -2.44. The van der Waals surface area contributed by atoms with Crippen LogP contribution in [-0.2, 0) is 9.47 Å². The van der Waals surface area contributed by atoms with E-state index in [0.717, 1.165) is 24.9 Å². The minimum absolute atomic E-state index is 0.104. The quantitative estimate of drug-likeness (QED) is 0.485. The van der Waals surface area contributed by atoms with Gasteiger partial charge in [0.2, 0.25) is 0 Å². The minimum Gasteiger partial charge on any atom is -0.490 e. The predicted molar refractivity (Wildman–Crippen MR) is 112 cm³/mol. The van der Waals surface area contributed by atoms with Crippen molar-refractivity contribution in [1.29, 1.82) is 0 Å². The first-order chi connectivity index (χ1) is 14.0. The number of benzene rings is 1. The molecule has 1 saturated carbocycles. The number of ether oxygens (including phenoxy) is 3. The van der Waals surface area contributed by atoms with Gasteiger partial charge < -0.3 is 24.8 Å². The summed E-state index contributed by atoms with van der Waals surface area (Å²) in [5.41, 5.74) is 0.565. The van der Waals surface area contributed by atoms with Crippen molar-refractivity contribution >= 4 is 5.96 Å². The van der Waals surface area contributed by atoms with Crippen LogP contribution >= 0.6 is 0 Å². The molecule has 2 fully saturated rings. The number of hydrogen-bond acceptors (Lipinski definition) is 4. The fraction of sp³-hybridized carbons (Fsp3) is 0.682. The van der Waals surface area contributed by atoms with E-state index in [4.69, 9.17) is 19.2 Å². The molecule has 1 atom stereocenters. The number of rotatable bonds is 9. The van der Waals surface area contributed by atoms with Gasteiger partial charge in [0.1, 0.15) is 0 Å². The molecule has 1 heterocycles. The Labute approximate surface area is 173 Å². The highest BCUT2D eigenvalue weighted by Crippen LogP contribution is 2.30. The summed E-state index contributed by atoms with van der Waals surface area (Å²) in [4.78, 5) is 4.74. The molecule has 0 bridgehead atoms. The van der Waals surface area contributed by atoms with E-state index in [1.807, 2.05) is 19.9 Å². The van der Waals surface area contributed by atoms with Gasteiger partial charge in [0.15, 0.2) is 17.5 Å². The van der Waals surface area contributed by atoms with Crippen molar-refractivity contribution < 1.29 is 18.6 Å². The molecule has 1 aromatic carbocycles. The zero-order valence-corrected chi connectivity index (χ0v) is 17.8. The molecule has 1 aliphatic carbocycles. The maximum Gasteiger partial charge on any atom is 0.191 e. The Balaban J connectivity index is 1.62. The summed E-state index contributed by atoms with van der Waals surface area (Å²) < 4.78 is 31.2. The third-order valence-electron chi connectivity index (χ3n) is 5.69. The van der Waals surface area contributed by atoms with Gasteiger partial charge in [-0.25, -0.2) is 4.39 Å². The molecule has 0 spiro atoms. The van der Waals surface area contributed by atoms with Crippen molar-refractivity contribution in [2.45, 2.75) is 51.2 Å². The van der Waals surface area contributed by atoms with Gasteiger partial charge in [-0.3, -0.25) is 4.99 Å². The molecule has 1 saturated heterocycles. The highest BCUT2D eigenvalue weighted by molar-refractivity contribution is 5.80. The van der Waals surface area contributed by atoms with Gasteiger partial charge in [-0.15, -0.1) is 0 Å². The molecule has 7 heteroatoms. The topological polar surface area (TPSA) is 64.1 Å².